The molecule has 0 bridgehead atoms. The Morgan fingerprint density at radius 3 is 2.59 bits per heavy atom. The molecule has 0 unspecified atom stereocenters. The number of hydrogen-bond donors (Lipinski definition) is 1. The van der Waals surface area contributed by atoms with Gasteiger partial charge in [-0.2, -0.15) is 0 Å². The molecule has 1 fully saturated rings. The molecule has 1 saturated carbocycles. The predicted octanol–water partition coefficient (Wildman–Crippen LogP) is 2.91. The van der Waals surface area contributed by atoms with Gasteiger partial charge < -0.3 is 19.3 Å². The molecule has 1 aliphatic carbocycles. The summed E-state index contributed by atoms with van der Waals surface area (Å²) in [7, 11) is 3.22. The van der Waals surface area contributed by atoms with Crippen LogP contribution in [0.4, 0.5) is 0 Å². The Kier molecular flexibility index (Phi) is 6.07. The molecule has 0 radical (unpaired) electrons. The summed E-state index contributed by atoms with van der Waals surface area (Å²) in [6.07, 6.45) is 4.14. The second kappa shape index (κ2) is 8.03. The van der Waals surface area contributed by atoms with Gasteiger partial charge in [-0.3, -0.25) is 4.79 Å². The van der Waals surface area contributed by atoms with E-state index < -0.39 is 5.97 Å². The summed E-state index contributed by atoms with van der Waals surface area (Å²) in [6, 6.07) is 5.77. The maximum atomic E-state index is 11.2. The Bertz CT molecular complexity index is 500. The molecule has 122 valence electrons. The van der Waals surface area contributed by atoms with Gasteiger partial charge in [0.15, 0.2) is 11.5 Å². The first kappa shape index (κ1) is 16.6. The highest BCUT2D eigenvalue weighted by Crippen LogP contribution is 2.29. The van der Waals surface area contributed by atoms with Crippen molar-refractivity contribution >= 4 is 5.97 Å². The van der Waals surface area contributed by atoms with Gasteiger partial charge in [-0.1, -0.05) is 18.9 Å². The Morgan fingerprint density at radius 2 is 1.91 bits per heavy atom. The summed E-state index contributed by atoms with van der Waals surface area (Å²) >= 11 is 0. The second-order valence-corrected chi connectivity index (χ2v) is 5.58. The van der Waals surface area contributed by atoms with E-state index in [0.29, 0.717) is 18.1 Å². The molecule has 1 N–H and O–H groups in total. The zero-order valence-electron chi connectivity index (χ0n) is 13.2. The van der Waals surface area contributed by atoms with Crippen LogP contribution in [0.5, 0.6) is 11.5 Å². The Labute approximate surface area is 131 Å². The molecule has 2 rings (SSSR count). The highest BCUT2D eigenvalue weighted by atomic mass is 16.5. The molecule has 5 heteroatoms. The first-order chi connectivity index (χ1) is 10.7. The van der Waals surface area contributed by atoms with Crippen molar-refractivity contribution < 1.29 is 24.1 Å². The van der Waals surface area contributed by atoms with Crippen molar-refractivity contribution in [2.75, 3.05) is 20.8 Å². The third kappa shape index (κ3) is 4.13. The van der Waals surface area contributed by atoms with Crippen LogP contribution in [0.25, 0.3) is 0 Å². The average molecular weight is 308 g/mol. The number of benzene rings is 1. The Balaban J connectivity index is 1.89. The maximum Gasteiger partial charge on any atom is 0.309 e. The van der Waals surface area contributed by atoms with Crippen molar-refractivity contribution in [3.05, 3.63) is 23.8 Å². The van der Waals surface area contributed by atoms with Crippen molar-refractivity contribution in [2.24, 2.45) is 5.92 Å². The zero-order chi connectivity index (χ0) is 15.9. The van der Waals surface area contributed by atoms with E-state index in [1.54, 1.807) is 14.2 Å². The molecule has 2 atom stereocenters. The lowest BCUT2D eigenvalue weighted by molar-refractivity contribution is -0.149. The third-order valence-electron chi connectivity index (χ3n) is 4.19. The lowest BCUT2D eigenvalue weighted by Crippen LogP contribution is -2.34. The van der Waals surface area contributed by atoms with Gasteiger partial charge in [0.05, 0.1) is 32.8 Å². The van der Waals surface area contributed by atoms with Gasteiger partial charge in [-0.15, -0.1) is 0 Å². The van der Waals surface area contributed by atoms with Gasteiger partial charge in [-0.05, 0) is 37.0 Å². The molecule has 5 nitrogen and oxygen atoms in total. The molecule has 0 aliphatic heterocycles. The first-order valence-electron chi connectivity index (χ1n) is 7.71. The van der Waals surface area contributed by atoms with Crippen molar-refractivity contribution in [1.29, 1.82) is 0 Å². The molecule has 1 aliphatic rings. The number of methoxy groups -OCH3 is 2. The molecule has 0 saturated heterocycles. The van der Waals surface area contributed by atoms with E-state index in [0.717, 1.165) is 37.7 Å². The summed E-state index contributed by atoms with van der Waals surface area (Å²) in [5.74, 6) is 0.293. The largest absolute Gasteiger partial charge is 0.493 e. The standard InChI is InChI=1S/C17H24O5/c1-20-15-8-7-12(11-16(15)21-2)9-10-22-14-6-4-3-5-13(14)17(18)19/h7-8,11,13-14H,3-6,9-10H2,1-2H3,(H,18,19)/t13-,14-/m1/s1. The van der Waals surface area contributed by atoms with Crippen LogP contribution in [0.2, 0.25) is 0 Å². The molecule has 0 amide bonds. The fourth-order valence-corrected chi connectivity index (χ4v) is 2.94. The molecule has 1 aromatic rings. The van der Waals surface area contributed by atoms with Gasteiger partial charge >= 0.3 is 5.97 Å². The molecule has 1 aromatic carbocycles. The number of aliphatic carboxylic acids is 1. The van der Waals surface area contributed by atoms with E-state index in [-0.39, 0.29) is 12.0 Å². The lowest BCUT2D eigenvalue weighted by Gasteiger charge is -2.28. The molecular formula is C17H24O5. The minimum Gasteiger partial charge on any atom is -0.493 e. The molecule has 0 spiro atoms. The van der Waals surface area contributed by atoms with Crippen molar-refractivity contribution in [2.45, 2.75) is 38.2 Å². The van der Waals surface area contributed by atoms with Crippen LogP contribution in [0, 0.1) is 5.92 Å². The van der Waals surface area contributed by atoms with Crippen molar-refractivity contribution in [3.63, 3.8) is 0 Å². The SMILES string of the molecule is COc1ccc(CCO[C@@H]2CCCC[C@H]2C(=O)O)cc1OC. The Morgan fingerprint density at radius 1 is 1.18 bits per heavy atom. The summed E-state index contributed by atoms with van der Waals surface area (Å²) < 4.78 is 16.3. The van der Waals surface area contributed by atoms with Crippen LogP contribution < -0.4 is 9.47 Å². The summed E-state index contributed by atoms with van der Waals surface area (Å²) in [5, 5.41) is 9.24. The molecular weight excluding hydrogens is 284 g/mol. The van der Waals surface area contributed by atoms with Gasteiger partial charge in [0, 0.05) is 0 Å². The topological polar surface area (TPSA) is 65.0 Å². The number of hydrogen-bond acceptors (Lipinski definition) is 4. The number of carbonyl (C=O) groups is 1. The van der Waals surface area contributed by atoms with E-state index in [9.17, 15) is 9.90 Å². The van der Waals surface area contributed by atoms with Crippen molar-refractivity contribution in [3.8, 4) is 11.5 Å². The van der Waals surface area contributed by atoms with E-state index >= 15 is 0 Å². The molecule has 22 heavy (non-hydrogen) atoms. The van der Waals surface area contributed by atoms with Crippen molar-refractivity contribution in [1.82, 2.24) is 0 Å². The maximum absolute atomic E-state index is 11.2. The van der Waals surface area contributed by atoms with Crippen LogP contribution >= 0.6 is 0 Å². The number of carboxylic acids is 1. The van der Waals surface area contributed by atoms with Gasteiger partial charge in [-0.25, -0.2) is 0 Å². The Hall–Kier alpha value is -1.75. The van der Waals surface area contributed by atoms with Crippen LogP contribution in [-0.4, -0.2) is 38.0 Å². The second-order valence-electron chi connectivity index (χ2n) is 5.58. The summed E-state index contributed by atoms with van der Waals surface area (Å²) in [6.45, 7) is 0.518. The number of ether oxygens (including phenoxy) is 3. The van der Waals surface area contributed by atoms with Gasteiger partial charge in [0.1, 0.15) is 0 Å². The van der Waals surface area contributed by atoms with Gasteiger partial charge in [0.25, 0.3) is 0 Å². The fourth-order valence-electron chi connectivity index (χ4n) is 2.94. The van der Waals surface area contributed by atoms with Crippen LogP contribution in [0.15, 0.2) is 18.2 Å². The summed E-state index contributed by atoms with van der Waals surface area (Å²) in [4.78, 5) is 11.2. The minimum atomic E-state index is -0.740. The predicted molar refractivity (Wildman–Crippen MR) is 82.6 cm³/mol. The monoisotopic (exact) mass is 308 g/mol. The number of carboxylic acid groups (broad SMARTS) is 1. The first-order valence-corrected chi connectivity index (χ1v) is 7.71. The quantitative estimate of drug-likeness (QED) is 0.839. The van der Waals surface area contributed by atoms with E-state index in [4.69, 9.17) is 14.2 Å². The van der Waals surface area contributed by atoms with Crippen LogP contribution in [-0.2, 0) is 16.0 Å². The lowest BCUT2D eigenvalue weighted by atomic mass is 9.86. The highest BCUT2D eigenvalue weighted by molar-refractivity contribution is 5.70. The van der Waals surface area contributed by atoms with Gasteiger partial charge in [0.2, 0.25) is 0 Å². The van der Waals surface area contributed by atoms with E-state index in [1.807, 2.05) is 18.2 Å². The summed E-state index contributed by atoms with van der Waals surface area (Å²) in [5.41, 5.74) is 1.08. The third-order valence-corrected chi connectivity index (χ3v) is 4.19. The normalized spacial score (nSPS) is 21.4. The van der Waals surface area contributed by atoms with Crippen LogP contribution in [0.1, 0.15) is 31.2 Å². The van der Waals surface area contributed by atoms with E-state index in [1.165, 1.54) is 0 Å². The van der Waals surface area contributed by atoms with E-state index in [2.05, 4.69) is 0 Å². The fraction of sp³-hybridized carbons (Fsp3) is 0.588. The zero-order valence-corrected chi connectivity index (χ0v) is 13.2. The van der Waals surface area contributed by atoms with Crippen LogP contribution in [0.3, 0.4) is 0 Å². The molecule has 0 heterocycles. The average Bonchev–Trinajstić information content (AvgIpc) is 2.55. The number of rotatable bonds is 7. The molecule has 0 aromatic heterocycles. The smallest absolute Gasteiger partial charge is 0.309 e. The highest BCUT2D eigenvalue weighted by Gasteiger charge is 2.31. The minimum absolute atomic E-state index is 0.161.